The van der Waals surface area contributed by atoms with E-state index in [0.29, 0.717) is 47.9 Å². The van der Waals surface area contributed by atoms with Crippen LogP contribution in [0.2, 0.25) is 18.6 Å². The number of fused-ring (bicyclic) bond motifs is 4. The molecule has 1 N–H and O–H groups in total. The first-order valence-corrected chi connectivity index (χ1v) is 23.5. The molecule has 4 heterocycles. The van der Waals surface area contributed by atoms with Gasteiger partial charge in [-0.25, -0.2) is 0 Å². The van der Waals surface area contributed by atoms with E-state index in [4.69, 9.17) is 14.2 Å². The summed E-state index contributed by atoms with van der Waals surface area (Å²) >= 11 is 0. The Morgan fingerprint density at radius 1 is 0.881 bits per heavy atom. The molecule has 11 heteroatoms. The van der Waals surface area contributed by atoms with Crippen LogP contribution in [0.3, 0.4) is 0 Å². The van der Waals surface area contributed by atoms with E-state index in [1.165, 1.54) is 0 Å². The molecule has 9 rings (SSSR count). The monoisotopic (exact) mass is 807 g/mol. The lowest BCUT2D eigenvalue weighted by Gasteiger charge is -2.39. The van der Waals surface area contributed by atoms with Crippen LogP contribution in [0, 0.1) is 5.92 Å². The molecule has 4 aliphatic rings. The van der Waals surface area contributed by atoms with Crippen LogP contribution < -0.4 is 24.5 Å². The minimum absolute atomic E-state index is 0.0400. The lowest BCUT2D eigenvalue weighted by Crippen LogP contribution is -2.52. The Bertz CT molecular complexity index is 2420. The minimum Gasteiger partial charge on any atom is -0.497 e. The number of amides is 3. The second-order valence-corrected chi connectivity index (χ2v) is 21.4. The van der Waals surface area contributed by atoms with Gasteiger partial charge in [0.25, 0.3) is 11.8 Å². The molecule has 0 unspecified atom stereocenters. The fraction of sp³-hybridized carbons (Fsp3) is 0.312. The first-order valence-electron chi connectivity index (χ1n) is 20.4. The molecule has 0 aromatic heterocycles. The highest BCUT2D eigenvalue weighted by Gasteiger charge is 2.66. The van der Waals surface area contributed by atoms with Gasteiger partial charge in [0, 0.05) is 23.7 Å². The van der Waals surface area contributed by atoms with Gasteiger partial charge in [-0.3, -0.25) is 19.3 Å². The Balaban J connectivity index is 1.18. The molecular formula is C48H49N3O7Si. The number of ether oxygens (including phenoxy) is 3. The van der Waals surface area contributed by atoms with Gasteiger partial charge >= 0.3 is 0 Å². The summed E-state index contributed by atoms with van der Waals surface area (Å²) in [6.07, 6.45) is -0.0365. The number of rotatable bonds is 9. The van der Waals surface area contributed by atoms with Crippen LogP contribution in [0.15, 0.2) is 121 Å². The van der Waals surface area contributed by atoms with E-state index in [9.17, 15) is 14.7 Å². The Morgan fingerprint density at radius 2 is 1.59 bits per heavy atom. The average Bonchev–Trinajstić information content (AvgIpc) is 3.68. The molecular weight excluding hydrogens is 759 g/mol. The van der Waals surface area contributed by atoms with E-state index in [0.717, 1.165) is 27.6 Å². The van der Waals surface area contributed by atoms with Crippen LogP contribution in [0.5, 0.6) is 11.5 Å². The van der Waals surface area contributed by atoms with Gasteiger partial charge in [-0.1, -0.05) is 104 Å². The maximum Gasteiger partial charge on any atom is 0.269 e. The standard InChI is InChI=1S/C48H49N3O7Si/c1-31-46(59(3,4)38-21-19-37(56-2)20-22-38)43(26-44(53)49-28-34-15-9-8-14-33(34)24-36(49)29-52)58-48(31)39-25-35(51-41-16-10-11-17-42(41)57-30-45(51)54)18-23-40(39)50(47(48)55)27-32-12-6-5-7-13-32/h5-23,25,31,36,43,46,52H,24,26-30H2,1-4H3/t31-,36-,43+,46-,48+/m0/s1. The van der Waals surface area contributed by atoms with Crippen LogP contribution in [0.1, 0.15) is 35.6 Å². The highest BCUT2D eigenvalue weighted by molar-refractivity contribution is 6.91. The molecule has 59 heavy (non-hydrogen) atoms. The molecule has 1 spiro atoms. The molecule has 0 bridgehead atoms. The molecule has 5 aromatic carbocycles. The van der Waals surface area contributed by atoms with Crippen LogP contribution in [-0.2, 0) is 44.2 Å². The largest absolute Gasteiger partial charge is 0.497 e. The number of carbonyl (C=O) groups is 3. The van der Waals surface area contributed by atoms with Gasteiger partial charge in [0.2, 0.25) is 5.91 Å². The number of hydrogen-bond acceptors (Lipinski definition) is 7. The second kappa shape index (κ2) is 15.1. The maximum atomic E-state index is 15.6. The molecule has 4 aliphatic heterocycles. The van der Waals surface area contributed by atoms with Gasteiger partial charge in [-0.2, -0.15) is 0 Å². The predicted molar refractivity (Wildman–Crippen MR) is 229 cm³/mol. The number of aliphatic hydroxyl groups excluding tert-OH is 1. The van der Waals surface area contributed by atoms with E-state index in [2.05, 4.69) is 38.2 Å². The zero-order valence-corrected chi connectivity index (χ0v) is 34.8. The van der Waals surface area contributed by atoms with Gasteiger partial charge in [0.1, 0.15) is 11.5 Å². The van der Waals surface area contributed by atoms with Crippen LogP contribution >= 0.6 is 0 Å². The van der Waals surface area contributed by atoms with E-state index in [1.807, 2.05) is 108 Å². The molecule has 5 atom stereocenters. The fourth-order valence-electron chi connectivity index (χ4n) is 10.3. The summed E-state index contributed by atoms with van der Waals surface area (Å²) in [7, 11) is -0.956. The molecule has 1 saturated heterocycles. The number of methoxy groups -OCH3 is 1. The molecule has 3 amide bonds. The number of nitrogens with zero attached hydrogens (tertiary/aromatic N) is 3. The highest BCUT2D eigenvalue weighted by atomic mass is 28.3. The Kier molecular flexibility index (Phi) is 9.93. The average molecular weight is 808 g/mol. The number of para-hydroxylation sites is 2. The number of carbonyl (C=O) groups excluding carboxylic acids is 3. The zero-order valence-electron chi connectivity index (χ0n) is 33.8. The first kappa shape index (κ1) is 38.7. The topological polar surface area (TPSA) is 109 Å². The van der Waals surface area contributed by atoms with Crippen molar-refractivity contribution in [2.45, 2.75) is 69.2 Å². The summed E-state index contributed by atoms with van der Waals surface area (Å²) in [6, 6.07) is 39.0. The summed E-state index contributed by atoms with van der Waals surface area (Å²) < 4.78 is 18.7. The van der Waals surface area contributed by atoms with Gasteiger partial charge in [-0.05, 0) is 71.1 Å². The summed E-state index contributed by atoms with van der Waals surface area (Å²) in [5.41, 5.74) is 4.12. The van der Waals surface area contributed by atoms with Crippen molar-refractivity contribution in [3.05, 3.63) is 144 Å². The van der Waals surface area contributed by atoms with Crippen LogP contribution in [0.4, 0.5) is 17.1 Å². The van der Waals surface area contributed by atoms with Crippen molar-refractivity contribution in [3.63, 3.8) is 0 Å². The van der Waals surface area contributed by atoms with Crippen molar-refractivity contribution in [3.8, 4) is 11.5 Å². The third kappa shape index (κ3) is 6.43. The third-order valence-electron chi connectivity index (χ3n) is 13.2. The molecule has 0 aliphatic carbocycles. The van der Waals surface area contributed by atoms with E-state index < -0.39 is 19.8 Å². The third-order valence-corrected chi connectivity index (χ3v) is 17.6. The van der Waals surface area contributed by atoms with Crippen molar-refractivity contribution >= 4 is 48.0 Å². The van der Waals surface area contributed by atoms with Gasteiger partial charge < -0.3 is 29.1 Å². The lowest BCUT2D eigenvalue weighted by molar-refractivity contribution is -0.151. The smallest absolute Gasteiger partial charge is 0.269 e. The van der Waals surface area contributed by atoms with E-state index in [-0.39, 0.29) is 54.9 Å². The number of hydrogen-bond donors (Lipinski definition) is 1. The maximum absolute atomic E-state index is 15.6. The second-order valence-electron chi connectivity index (χ2n) is 16.8. The molecule has 5 aromatic rings. The highest BCUT2D eigenvalue weighted by Crippen LogP contribution is 2.61. The van der Waals surface area contributed by atoms with Crippen molar-refractivity contribution in [2.24, 2.45) is 5.92 Å². The summed E-state index contributed by atoms with van der Waals surface area (Å²) in [4.78, 5) is 49.3. The predicted octanol–water partition coefficient (Wildman–Crippen LogP) is 6.85. The minimum atomic E-state index is -2.60. The normalized spacial score (nSPS) is 23.5. The lowest BCUT2D eigenvalue weighted by atomic mass is 9.82. The van der Waals surface area contributed by atoms with Gasteiger partial charge in [0.15, 0.2) is 12.2 Å². The Morgan fingerprint density at radius 3 is 2.34 bits per heavy atom. The number of benzene rings is 5. The van der Waals surface area contributed by atoms with Crippen LogP contribution in [-0.4, -0.2) is 68.3 Å². The van der Waals surface area contributed by atoms with Crippen molar-refractivity contribution < 1.29 is 33.7 Å². The molecule has 0 saturated carbocycles. The van der Waals surface area contributed by atoms with E-state index in [1.54, 1.807) is 16.9 Å². The van der Waals surface area contributed by atoms with Crippen molar-refractivity contribution in [1.29, 1.82) is 0 Å². The number of anilines is 3. The van der Waals surface area contributed by atoms with Gasteiger partial charge in [0.05, 0.1) is 58.3 Å². The molecule has 0 radical (unpaired) electrons. The van der Waals surface area contributed by atoms with Crippen molar-refractivity contribution in [2.75, 3.05) is 30.1 Å². The summed E-state index contributed by atoms with van der Waals surface area (Å²) in [5.74, 6) is 0.444. The molecule has 10 nitrogen and oxygen atoms in total. The fourth-order valence-corrected chi connectivity index (χ4v) is 14.3. The zero-order chi connectivity index (χ0) is 41.1. The molecule has 302 valence electrons. The quantitative estimate of drug-likeness (QED) is 0.162. The van der Waals surface area contributed by atoms with E-state index >= 15 is 4.79 Å². The summed E-state index contributed by atoms with van der Waals surface area (Å²) in [5, 5.41) is 11.7. The van der Waals surface area contributed by atoms with Gasteiger partial charge in [-0.15, -0.1) is 0 Å². The first-order chi connectivity index (χ1) is 28.5. The Hall–Kier alpha value is -5.75. The number of aliphatic hydroxyl groups is 1. The SMILES string of the molecule is COc1ccc([Si](C)(C)[C@@H]2[C@@H](CC(=O)N3Cc4ccccc4C[C@H]3CO)O[C@]3(C(=O)N(Cc4ccccc4)c4ccc(N5C(=O)COc6ccccc65)cc43)[C@H]2C)cc1. The van der Waals surface area contributed by atoms with Crippen molar-refractivity contribution in [1.82, 2.24) is 4.90 Å². The molecule has 1 fully saturated rings. The summed E-state index contributed by atoms with van der Waals surface area (Å²) in [6.45, 7) is 7.14. The van der Waals surface area contributed by atoms with Crippen LogP contribution in [0.25, 0.3) is 0 Å². The Labute approximate surface area is 345 Å².